The molecule has 0 aliphatic carbocycles. The zero-order valence-corrected chi connectivity index (χ0v) is 19.8. The number of sulfonamides is 1. The number of methoxy groups -OCH3 is 1. The predicted octanol–water partition coefficient (Wildman–Crippen LogP) is 3.54. The lowest BCUT2D eigenvalue weighted by Gasteiger charge is -2.34. The number of ether oxygens (including phenoxy) is 1. The molecule has 2 aromatic carbocycles. The lowest BCUT2D eigenvalue weighted by atomic mass is 10.1. The van der Waals surface area contributed by atoms with E-state index in [9.17, 15) is 22.4 Å². The minimum atomic E-state index is -3.74. The Labute approximate surface area is 195 Å². The van der Waals surface area contributed by atoms with Gasteiger partial charge in [0.15, 0.2) is 5.78 Å². The second kappa shape index (κ2) is 9.30. The quantitative estimate of drug-likeness (QED) is 0.494. The third-order valence-electron chi connectivity index (χ3n) is 5.67. The summed E-state index contributed by atoms with van der Waals surface area (Å²) in [6.45, 7) is 2.23. The van der Waals surface area contributed by atoms with E-state index >= 15 is 0 Å². The maximum absolute atomic E-state index is 14.4. The molecule has 0 bridgehead atoms. The summed E-state index contributed by atoms with van der Waals surface area (Å²) < 4.78 is 47.6. The van der Waals surface area contributed by atoms with Crippen LogP contribution >= 0.6 is 11.3 Å². The van der Waals surface area contributed by atoms with Crippen LogP contribution in [0.3, 0.4) is 0 Å². The Kier molecular flexibility index (Phi) is 6.62. The van der Waals surface area contributed by atoms with Gasteiger partial charge < -0.3 is 9.64 Å². The van der Waals surface area contributed by atoms with E-state index in [0.29, 0.717) is 26.1 Å². The maximum atomic E-state index is 14.4. The molecule has 1 amide bonds. The fourth-order valence-electron chi connectivity index (χ4n) is 3.91. The van der Waals surface area contributed by atoms with Crippen LogP contribution in [0.25, 0.3) is 10.1 Å². The Bertz CT molecular complexity index is 1310. The zero-order valence-electron chi connectivity index (χ0n) is 18.2. The average Bonchev–Trinajstić information content (AvgIpc) is 3.18. The van der Waals surface area contributed by atoms with Crippen LogP contribution in [0.15, 0.2) is 47.4 Å². The van der Waals surface area contributed by atoms with Gasteiger partial charge in [0.2, 0.25) is 10.0 Å². The predicted molar refractivity (Wildman–Crippen MR) is 124 cm³/mol. The summed E-state index contributed by atoms with van der Waals surface area (Å²) in [6, 6.07) is 10.6. The molecule has 0 N–H and O–H groups in total. The van der Waals surface area contributed by atoms with Gasteiger partial charge in [0.05, 0.1) is 16.4 Å². The topological polar surface area (TPSA) is 84.0 Å². The number of hydrogen-bond acceptors (Lipinski definition) is 6. The molecule has 33 heavy (non-hydrogen) atoms. The SMILES string of the molecule is COCc1c(C(=O)N2CCN(S(=O)(=O)c3ccc(C(C)=O)cc3)CC2)sc2cccc(F)c12. The molecular formula is C23H23FN2O5S2. The molecule has 1 aromatic heterocycles. The van der Waals surface area contributed by atoms with Crippen molar-refractivity contribution in [1.29, 1.82) is 0 Å². The van der Waals surface area contributed by atoms with E-state index in [2.05, 4.69) is 0 Å². The third kappa shape index (κ3) is 4.43. The highest BCUT2D eigenvalue weighted by Crippen LogP contribution is 2.35. The number of fused-ring (bicyclic) bond motifs is 1. The van der Waals surface area contributed by atoms with Crippen molar-refractivity contribution in [3.8, 4) is 0 Å². The third-order valence-corrected chi connectivity index (χ3v) is 8.77. The van der Waals surface area contributed by atoms with Gasteiger partial charge in [-0.3, -0.25) is 9.59 Å². The lowest BCUT2D eigenvalue weighted by Crippen LogP contribution is -2.50. The van der Waals surface area contributed by atoms with Crippen molar-refractivity contribution in [2.75, 3.05) is 33.3 Å². The highest BCUT2D eigenvalue weighted by atomic mass is 32.2. The molecule has 1 saturated heterocycles. The van der Waals surface area contributed by atoms with Gasteiger partial charge in [-0.05, 0) is 31.2 Å². The van der Waals surface area contributed by atoms with Crippen molar-refractivity contribution < 1.29 is 27.1 Å². The van der Waals surface area contributed by atoms with Gasteiger partial charge in [0.1, 0.15) is 5.82 Å². The van der Waals surface area contributed by atoms with Crippen LogP contribution in [0.1, 0.15) is 32.5 Å². The molecule has 3 aromatic rings. The Morgan fingerprint density at radius 3 is 2.33 bits per heavy atom. The van der Waals surface area contributed by atoms with E-state index in [0.717, 1.165) is 0 Å². The lowest BCUT2D eigenvalue weighted by molar-refractivity contribution is 0.0698. The summed E-state index contributed by atoms with van der Waals surface area (Å²) in [6.07, 6.45) is 0. The maximum Gasteiger partial charge on any atom is 0.264 e. The smallest absolute Gasteiger partial charge is 0.264 e. The molecule has 174 valence electrons. The van der Waals surface area contributed by atoms with Crippen molar-refractivity contribution in [2.24, 2.45) is 0 Å². The molecule has 1 fully saturated rings. The summed E-state index contributed by atoms with van der Waals surface area (Å²) >= 11 is 1.22. The number of hydrogen-bond donors (Lipinski definition) is 0. The molecular weight excluding hydrogens is 467 g/mol. The first-order valence-corrected chi connectivity index (χ1v) is 12.6. The zero-order chi connectivity index (χ0) is 23.8. The van der Waals surface area contributed by atoms with Crippen molar-refractivity contribution >= 4 is 43.1 Å². The van der Waals surface area contributed by atoms with Crippen LogP contribution in [-0.2, 0) is 21.4 Å². The van der Waals surface area contributed by atoms with E-state index < -0.39 is 15.8 Å². The number of carbonyl (C=O) groups excluding carboxylic acids is 2. The number of benzene rings is 2. The second-order valence-corrected chi connectivity index (χ2v) is 10.7. The van der Waals surface area contributed by atoms with Gasteiger partial charge in [0, 0.05) is 54.5 Å². The second-order valence-electron chi connectivity index (χ2n) is 7.73. The van der Waals surface area contributed by atoms with Gasteiger partial charge in [-0.15, -0.1) is 11.3 Å². The fraction of sp³-hybridized carbons (Fsp3) is 0.304. The first-order chi connectivity index (χ1) is 15.7. The van der Waals surface area contributed by atoms with Crippen LogP contribution < -0.4 is 0 Å². The molecule has 2 heterocycles. The molecule has 4 rings (SSSR count). The molecule has 10 heteroatoms. The Morgan fingerprint density at radius 1 is 1.06 bits per heavy atom. The minimum Gasteiger partial charge on any atom is -0.380 e. The number of halogens is 1. The van der Waals surface area contributed by atoms with Crippen molar-refractivity contribution in [2.45, 2.75) is 18.4 Å². The number of carbonyl (C=O) groups is 2. The van der Waals surface area contributed by atoms with E-state index in [1.165, 1.54) is 60.0 Å². The molecule has 1 aliphatic heterocycles. The molecule has 1 aliphatic rings. The van der Waals surface area contributed by atoms with Gasteiger partial charge >= 0.3 is 0 Å². The molecule has 0 saturated carbocycles. The van der Waals surface area contributed by atoms with Crippen molar-refractivity contribution in [1.82, 2.24) is 9.21 Å². The molecule has 0 radical (unpaired) electrons. The monoisotopic (exact) mass is 490 g/mol. The Morgan fingerprint density at radius 2 is 1.73 bits per heavy atom. The number of nitrogens with zero attached hydrogens (tertiary/aromatic N) is 2. The standard InChI is InChI=1S/C23H23FN2O5S2/c1-15(27)16-6-8-17(9-7-16)33(29,30)26-12-10-25(11-13-26)23(28)22-18(14-31-2)21-19(24)4-3-5-20(21)32-22/h3-9H,10-14H2,1-2H3. The number of piperazine rings is 1. The largest absolute Gasteiger partial charge is 0.380 e. The number of amides is 1. The van der Waals surface area contributed by atoms with Gasteiger partial charge in [0.25, 0.3) is 5.91 Å². The van der Waals surface area contributed by atoms with E-state index in [1.54, 1.807) is 17.0 Å². The Hall–Kier alpha value is -2.66. The first-order valence-electron chi connectivity index (χ1n) is 10.3. The van der Waals surface area contributed by atoms with Gasteiger partial charge in [-0.1, -0.05) is 18.2 Å². The van der Waals surface area contributed by atoms with Gasteiger partial charge in [-0.2, -0.15) is 4.31 Å². The molecule has 7 nitrogen and oxygen atoms in total. The number of thiophene rings is 1. The van der Waals surface area contributed by atoms with Crippen LogP contribution in [0.2, 0.25) is 0 Å². The van der Waals surface area contributed by atoms with Crippen LogP contribution in [0.4, 0.5) is 4.39 Å². The van der Waals surface area contributed by atoms with Crippen molar-refractivity contribution in [3.05, 3.63) is 64.3 Å². The highest BCUT2D eigenvalue weighted by Gasteiger charge is 2.32. The molecule has 0 unspecified atom stereocenters. The first kappa shape index (κ1) is 23.5. The van der Waals surface area contributed by atoms with Crippen LogP contribution in [0.5, 0.6) is 0 Å². The average molecular weight is 491 g/mol. The van der Waals surface area contributed by atoms with Crippen molar-refractivity contribution in [3.63, 3.8) is 0 Å². The van der Waals surface area contributed by atoms with Crippen LogP contribution in [-0.4, -0.2) is 62.6 Å². The summed E-state index contributed by atoms with van der Waals surface area (Å²) in [5.41, 5.74) is 0.956. The fourth-order valence-corrected chi connectivity index (χ4v) is 6.52. The normalized spacial score (nSPS) is 15.2. The number of ketones is 1. The molecule has 0 spiro atoms. The Balaban J connectivity index is 1.52. The minimum absolute atomic E-state index is 0.104. The van der Waals surface area contributed by atoms with E-state index in [-0.39, 0.29) is 49.4 Å². The summed E-state index contributed by atoms with van der Waals surface area (Å²) in [5, 5.41) is 0.392. The van der Waals surface area contributed by atoms with Gasteiger partial charge in [-0.25, -0.2) is 12.8 Å². The number of rotatable bonds is 6. The number of Topliss-reactive ketones (excluding diaryl/α,β-unsaturated/α-hetero) is 1. The summed E-state index contributed by atoms with van der Waals surface area (Å²) in [7, 11) is -2.25. The summed E-state index contributed by atoms with van der Waals surface area (Å²) in [5.74, 6) is -0.799. The summed E-state index contributed by atoms with van der Waals surface area (Å²) in [4.78, 5) is 26.8. The highest BCUT2D eigenvalue weighted by molar-refractivity contribution is 7.89. The van der Waals surface area contributed by atoms with E-state index in [1.807, 2.05) is 0 Å². The molecule has 0 atom stereocenters. The van der Waals surface area contributed by atoms with E-state index in [4.69, 9.17) is 4.74 Å². The van der Waals surface area contributed by atoms with Crippen LogP contribution in [0, 0.1) is 5.82 Å².